The predicted octanol–water partition coefficient (Wildman–Crippen LogP) is 9.08. The van der Waals surface area contributed by atoms with Crippen molar-refractivity contribution in [1.29, 1.82) is 0 Å². The van der Waals surface area contributed by atoms with Crippen LogP contribution >= 0.6 is 0 Å². The summed E-state index contributed by atoms with van der Waals surface area (Å²) in [6, 6.07) is 16.9. The molecule has 0 amide bonds. The summed E-state index contributed by atoms with van der Waals surface area (Å²) < 4.78 is 14.3. The Labute approximate surface area is 372 Å². The molecule has 3 spiro atoms. The summed E-state index contributed by atoms with van der Waals surface area (Å²) in [6.45, 7) is 7.67. The zero-order valence-electron chi connectivity index (χ0n) is 37.4. The number of carbonyl (C=O) groups excluding carboxylic acids is 2. The number of carbonyl (C=O) groups is 2. The van der Waals surface area contributed by atoms with Crippen LogP contribution in [0.2, 0.25) is 0 Å². The van der Waals surface area contributed by atoms with Crippen LogP contribution in [0, 0.1) is 58.2 Å². The van der Waals surface area contributed by atoms with Crippen LogP contribution in [0.4, 0.5) is 0 Å². The summed E-state index contributed by atoms with van der Waals surface area (Å²) in [7, 11) is 0. The summed E-state index contributed by atoms with van der Waals surface area (Å²) in [6.07, 6.45) is 15.2. The van der Waals surface area contributed by atoms with Crippen LogP contribution in [0.5, 0.6) is 0 Å². The van der Waals surface area contributed by atoms with Crippen molar-refractivity contribution < 1.29 is 24.2 Å². The van der Waals surface area contributed by atoms with Gasteiger partial charge in [-0.2, -0.15) is 0 Å². The third-order valence-electron chi connectivity index (χ3n) is 20.8. The molecule has 330 valence electrons. The highest BCUT2D eigenvalue weighted by atomic mass is 16.6. The molecule has 5 fully saturated rings. The molecular formula is C55H65N3O5. The van der Waals surface area contributed by atoms with Gasteiger partial charge in [-0.1, -0.05) is 72.5 Å². The van der Waals surface area contributed by atoms with Crippen molar-refractivity contribution in [3.05, 3.63) is 104 Å². The number of allylic oxidation sites excluding steroid dienone is 2. The summed E-state index contributed by atoms with van der Waals surface area (Å²) in [5.41, 5.74) is 14.5. The van der Waals surface area contributed by atoms with E-state index in [1.807, 2.05) is 0 Å². The Kier molecular flexibility index (Phi) is 8.01. The van der Waals surface area contributed by atoms with Crippen molar-refractivity contribution in [2.45, 2.75) is 140 Å². The van der Waals surface area contributed by atoms with Gasteiger partial charge in [0.05, 0.1) is 11.0 Å². The molecule has 2 aromatic rings. The first-order valence-electron chi connectivity index (χ1n) is 25.5. The molecule has 4 saturated heterocycles. The number of aliphatic hydroxyl groups is 1. The highest BCUT2D eigenvalue weighted by molar-refractivity contribution is 6.00. The average Bonchev–Trinajstić information content (AvgIpc) is 3.74. The lowest BCUT2D eigenvalue weighted by molar-refractivity contribution is -0.279. The van der Waals surface area contributed by atoms with Crippen LogP contribution in [0.25, 0.3) is 0 Å². The van der Waals surface area contributed by atoms with E-state index < -0.39 is 16.4 Å². The Morgan fingerprint density at radius 1 is 0.889 bits per heavy atom. The Hall–Kier alpha value is -3.88. The minimum atomic E-state index is -1.13. The lowest BCUT2D eigenvalue weighted by Crippen LogP contribution is -2.77. The van der Waals surface area contributed by atoms with Crippen molar-refractivity contribution in [3.8, 4) is 0 Å². The van der Waals surface area contributed by atoms with E-state index in [2.05, 4.69) is 66.1 Å². The normalized spacial score (nSPS) is 45.7. The van der Waals surface area contributed by atoms with Gasteiger partial charge in [-0.05, 0) is 156 Å². The van der Waals surface area contributed by atoms with Crippen LogP contribution in [-0.4, -0.2) is 64.6 Å². The molecule has 8 aliphatic heterocycles. The molecule has 1 unspecified atom stereocenters. The van der Waals surface area contributed by atoms with Gasteiger partial charge in [0.2, 0.25) is 0 Å². The lowest BCUT2D eigenvalue weighted by atomic mass is 9.28. The maximum Gasteiger partial charge on any atom is 0.339 e. The van der Waals surface area contributed by atoms with Crippen molar-refractivity contribution in [2.24, 2.45) is 63.9 Å². The molecular weight excluding hydrogens is 783 g/mol. The smallest absolute Gasteiger partial charge is 0.339 e. The number of nitrogens with zero attached hydrogens (tertiary/aromatic N) is 2. The monoisotopic (exact) mass is 847 g/mol. The number of aliphatic hydroxyl groups excluding tert-OH is 1. The largest absolute Gasteiger partial charge is 0.508 e. The van der Waals surface area contributed by atoms with E-state index in [1.54, 1.807) is 11.3 Å². The topological polar surface area (TPSA) is 105 Å². The fourth-order valence-electron chi connectivity index (χ4n) is 18.9. The van der Waals surface area contributed by atoms with Crippen molar-refractivity contribution in [1.82, 2.24) is 9.80 Å². The van der Waals surface area contributed by atoms with E-state index in [4.69, 9.17) is 15.2 Å². The number of esters is 2. The Balaban J connectivity index is 1.09. The second kappa shape index (κ2) is 13.1. The molecule has 15 atom stereocenters. The summed E-state index contributed by atoms with van der Waals surface area (Å²) in [5, 5.41) is 13.4. The first kappa shape index (κ1) is 38.4. The Bertz CT molecular complexity index is 2490. The van der Waals surface area contributed by atoms with Crippen LogP contribution in [0.1, 0.15) is 130 Å². The third kappa shape index (κ3) is 4.48. The van der Waals surface area contributed by atoms with Crippen LogP contribution < -0.4 is 5.73 Å². The van der Waals surface area contributed by atoms with Crippen molar-refractivity contribution in [2.75, 3.05) is 19.6 Å². The maximum absolute atomic E-state index is 16.2. The number of fused-ring (bicyclic) bond motifs is 8. The molecule has 63 heavy (non-hydrogen) atoms. The minimum absolute atomic E-state index is 0.105. The summed E-state index contributed by atoms with van der Waals surface area (Å²) in [5.74, 6) is 2.64. The molecule has 8 nitrogen and oxygen atoms in total. The summed E-state index contributed by atoms with van der Waals surface area (Å²) >= 11 is 0. The number of hydrogen-bond acceptors (Lipinski definition) is 8. The Morgan fingerprint density at radius 3 is 2.63 bits per heavy atom. The predicted molar refractivity (Wildman–Crippen MR) is 239 cm³/mol. The zero-order valence-corrected chi connectivity index (χ0v) is 37.4. The van der Waals surface area contributed by atoms with Gasteiger partial charge in [0.1, 0.15) is 11.2 Å². The molecule has 3 N–H and O–H groups in total. The number of aryl methyl sites for hydroxylation is 2. The molecule has 0 aromatic heterocycles. The first-order chi connectivity index (χ1) is 30.7. The van der Waals surface area contributed by atoms with E-state index in [1.165, 1.54) is 48.0 Å². The van der Waals surface area contributed by atoms with Crippen LogP contribution in [-0.2, 0) is 39.1 Å². The van der Waals surface area contributed by atoms with Crippen molar-refractivity contribution >= 4 is 11.9 Å². The van der Waals surface area contributed by atoms with Crippen molar-refractivity contribution in [3.63, 3.8) is 0 Å². The number of rotatable bonds is 3. The van der Waals surface area contributed by atoms with Gasteiger partial charge in [-0.25, -0.2) is 4.79 Å². The SMILES string of the molecule is C[C@@H]1CC2=C3[C@H]4C5=C6C[C@H](Cc7cccc(c7)CCCC[C@H]7[C@]68C(=O)O/C(=C(/O)[C@H]6CC[C@@H]9[C@@H]%10C[C@H](CN9[C@@H]6C)[C@H](CC2)N3C%10)[C@@]8(CC5)[C@]72OC(=O)c3c(CCCN)cccc32)[C@H]41. The fourth-order valence-corrected chi connectivity index (χ4v) is 18.9. The second-order valence-corrected chi connectivity index (χ2v) is 22.9. The van der Waals surface area contributed by atoms with Gasteiger partial charge in [-0.15, -0.1) is 0 Å². The Morgan fingerprint density at radius 2 is 1.75 bits per heavy atom. The first-order valence-corrected chi connectivity index (χ1v) is 25.5. The average molecular weight is 848 g/mol. The standard InChI is InChI=1S/C55H65N3O5/c1-29-22-34-15-17-43-36-25-37-28-58(43)48(34)47-39-19-20-53-50(49(59)38-16-18-42(37)57(27-36)30(38)2)62-52(61)54(53)41(39)26-35(45(29)47)24-32-10-5-9-31(23-32)8-3-4-14-44(54)55(53)40-13-6-11-33(12-7-21-56)46(40)51(60)63-55/h5-6,9-11,13,23,29-30,35-38,42-45,47,59H,3-4,7-8,12,14-22,24-28,56H2,1-2H3/b50-49+/t29-,30-,35+,36-,37-,38+,42-,43+,44+,45-,47+,53-,54+,55-/m1/s1. The highest BCUT2D eigenvalue weighted by Gasteiger charge is 2.93. The van der Waals surface area contributed by atoms with Crippen LogP contribution in [0.15, 0.2) is 76.4 Å². The van der Waals surface area contributed by atoms with Crippen LogP contribution in [0.3, 0.4) is 0 Å². The van der Waals surface area contributed by atoms with Gasteiger partial charge in [0, 0.05) is 60.2 Å². The summed E-state index contributed by atoms with van der Waals surface area (Å²) in [4.78, 5) is 36.9. The number of piperidine rings is 3. The molecule has 1 saturated carbocycles. The van der Waals surface area contributed by atoms with Gasteiger partial charge >= 0.3 is 11.9 Å². The molecule has 5 aliphatic carbocycles. The second-order valence-electron chi connectivity index (χ2n) is 22.9. The molecule has 15 rings (SSSR count). The quantitative estimate of drug-likeness (QED) is 0.233. The van der Waals surface area contributed by atoms with Gasteiger partial charge in [0.15, 0.2) is 11.4 Å². The van der Waals surface area contributed by atoms with E-state index in [9.17, 15) is 9.90 Å². The number of nitrogens with two attached hydrogens (primary N) is 1. The van der Waals surface area contributed by atoms with E-state index >= 15 is 4.79 Å². The number of ether oxygens (including phenoxy) is 2. The van der Waals surface area contributed by atoms with Gasteiger partial charge in [-0.3, -0.25) is 9.69 Å². The van der Waals surface area contributed by atoms with Gasteiger partial charge in [0.25, 0.3) is 0 Å². The fraction of sp³-hybridized carbons (Fsp3) is 0.636. The molecule has 8 heteroatoms. The molecule has 2 aromatic carbocycles. The third-order valence-corrected chi connectivity index (χ3v) is 20.8. The minimum Gasteiger partial charge on any atom is -0.508 e. The molecule has 14 bridgehead atoms. The van der Waals surface area contributed by atoms with E-state index in [0.29, 0.717) is 72.4 Å². The molecule has 0 radical (unpaired) electrons. The van der Waals surface area contributed by atoms with E-state index in [-0.39, 0.29) is 41.5 Å². The zero-order chi connectivity index (χ0) is 42.3. The number of benzene rings is 2. The maximum atomic E-state index is 16.2. The highest BCUT2D eigenvalue weighted by Crippen LogP contribution is 2.87. The van der Waals surface area contributed by atoms with E-state index in [0.717, 1.165) is 88.4 Å². The lowest BCUT2D eigenvalue weighted by Gasteiger charge is -2.72. The van der Waals surface area contributed by atoms with Gasteiger partial charge < -0.3 is 25.2 Å². The molecule has 8 heterocycles. The number of hydrogen-bond donors (Lipinski definition) is 2. The molecule has 13 aliphatic rings.